The van der Waals surface area contributed by atoms with Crippen molar-refractivity contribution >= 4 is 11.8 Å². The molecule has 126 valence electrons. The fourth-order valence-electron chi connectivity index (χ4n) is 3.01. The van der Waals surface area contributed by atoms with Crippen LogP contribution in [-0.2, 0) is 9.59 Å². The maximum atomic E-state index is 13.1. The summed E-state index contributed by atoms with van der Waals surface area (Å²) in [5.41, 5.74) is -3.39. The minimum atomic E-state index is -4.66. The van der Waals surface area contributed by atoms with Crippen LogP contribution >= 0.6 is 0 Å². The lowest BCUT2D eigenvalue weighted by atomic mass is 10.0. The molecule has 2 N–H and O–H groups in total. The summed E-state index contributed by atoms with van der Waals surface area (Å²) >= 11 is 0. The standard InChI is InChI=1S/C14H16F3N3O3/c15-14(16,17)13(3-4-13)11(23)20-6-8(21)5-9(20)10(22)19-12(7-18)1-2-12/h8-9,21H,1-6H2,(H,19,22)/t8-,9-/m0/s1. The van der Waals surface area contributed by atoms with E-state index in [-0.39, 0.29) is 25.8 Å². The first-order chi connectivity index (χ1) is 10.6. The molecule has 23 heavy (non-hydrogen) atoms. The molecule has 0 spiro atoms. The number of amides is 2. The van der Waals surface area contributed by atoms with Gasteiger partial charge >= 0.3 is 6.18 Å². The highest BCUT2D eigenvalue weighted by Crippen LogP contribution is 2.59. The van der Waals surface area contributed by atoms with E-state index in [1.165, 1.54) is 0 Å². The number of hydrogen-bond acceptors (Lipinski definition) is 4. The van der Waals surface area contributed by atoms with E-state index in [2.05, 4.69) is 5.32 Å². The third-order valence-electron chi connectivity index (χ3n) is 4.87. The van der Waals surface area contributed by atoms with Crippen molar-refractivity contribution < 1.29 is 27.9 Å². The molecule has 3 fully saturated rings. The van der Waals surface area contributed by atoms with Crippen LogP contribution in [0.2, 0.25) is 0 Å². The van der Waals surface area contributed by atoms with E-state index in [0.717, 1.165) is 4.90 Å². The summed E-state index contributed by atoms with van der Waals surface area (Å²) in [6.45, 7) is -0.297. The highest BCUT2D eigenvalue weighted by molar-refractivity contribution is 5.93. The van der Waals surface area contributed by atoms with Crippen LogP contribution < -0.4 is 5.32 Å². The third-order valence-corrected chi connectivity index (χ3v) is 4.87. The lowest BCUT2D eigenvalue weighted by Crippen LogP contribution is -2.53. The number of nitrogens with one attached hydrogen (secondary N) is 1. The van der Waals surface area contributed by atoms with Gasteiger partial charge in [-0.1, -0.05) is 0 Å². The summed E-state index contributed by atoms with van der Waals surface area (Å²) in [4.78, 5) is 25.4. The molecule has 0 aromatic carbocycles. The molecule has 2 amide bonds. The van der Waals surface area contributed by atoms with Crippen LogP contribution in [0, 0.1) is 16.7 Å². The first-order valence-electron chi connectivity index (χ1n) is 7.43. The van der Waals surface area contributed by atoms with Crippen LogP contribution in [0.15, 0.2) is 0 Å². The number of carbonyl (C=O) groups is 2. The molecule has 9 heteroatoms. The number of aliphatic hydroxyl groups excluding tert-OH is 1. The Morgan fingerprint density at radius 3 is 2.30 bits per heavy atom. The van der Waals surface area contributed by atoms with Gasteiger partial charge in [-0.3, -0.25) is 9.59 Å². The van der Waals surface area contributed by atoms with E-state index in [1.54, 1.807) is 0 Å². The van der Waals surface area contributed by atoms with E-state index in [9.17, 15) is 27.9 Å². The SMILES string of the molecule is N#CC1(NC(=O)[C@@H]2C[C@H](O)CN2C(=O)C2(C(F)(F)F)CC2)CC1. The molecule has 2 aliphatic carbocycles. The molecule has 0 bridgehead atoms. The Hall–Kier alpha value is -1.82. The fraction of sp³-hybridized carbons (Fsp3) is 0.786. The van der Waals surface area contributed by atoms with Crippen LogP contribution in [-0.4, -0.2) is 52.2 Å². The lowest BCUT2D eigenvalue weighted by Gasteiger charge is -2.29. The second-order valence-electron chi connectivity index (χ2n) is 6.63. The van der Waals surface area contributed by atoms with Gasteiger partial charge in [0.1, 0.15) is 17.0 Å². The molecule has 2 atom stereocenters. The number of β-amino-alcohol motifs (C(OH)–C–C–N with tert-alkyl or cyclic N) is 1. The maximum absolute atomic E-state index is 13.1. The quantitative estimate of drug-likeness (QED) is 0.786. The van der Waals surface area contributed by atoms with Gasteiger partial charge < -0.3 is 15.3 Å². The zero-order valence-corrected chi connectivity index (χ0v) is 12.2. The van der Waals surface area contributed by atoms with Crippen LogP contribution in [0.3, 0.4) is 0 Å². The Balaban J connectivity index is 1.77. The zero-order valence-electron chi connectivity index (χ0n) is 12.2. The number of halogens is 3. The number of nitriles is 1. The molecule has 0 unspecified atom stereocenters. The largest absolute Gasteiger partial charge is 0.403 e. The first-order valence-corrected chi connectivity index (χ1v) is 7.43. The number of rotatable bonds is 3. The van der Waals surface area contributed by atoms with Crippen molar-refractivity contribution in [1.82, 2.24) is 10.2 Å². The van der Waals surface area contributed by atoms with Crippen molar-refractivity contribution in [2.75, 3.05) is 6.54 Å². The van der Waals surface area contributed by atoms with Gasteiger partial charge in [-0.05, 0) is 25.7 Å². The van der Waals surface area contributed by atoms with Gasteiger partial charge in [-0.15, -0.1) is 0 Å². The number of carbonyl (C=O) groups excluding carboxylic acids is 2. The smallest absolute Gasteiger partial charge is 0.391 e. The summed E-state index contributed by atoms with van der Waals surface area (Å²) in [6.07, 6.45) is -5.46. The Bertz CT molecular complexity index is 590. The second kappa shape index (κ2) is 4.84. The highest BCUT2D eigenvalue weighted by Gasteiger charge is 2.70. The topological polar surface area (TPSA) is 93.4 Å². The third kappa shape index (κ3) is 2.55. The predicted molar refractivity (Wildman–Crippen MR) is 69.6 cm³/mol. The van der Waals surface area contributed by atoms with Gasteiger partial charge in [-0.25, -0.2) is 0 Å². The highest BCUT2D eigenvalue weighted by atomic mass is 19.4. The van der Waals surface area contributed by atoms with Gasteiger partial charge in [0, 0.05) is 13.0 Å². The zero-order chi connectivity index (χ0) is 17.0. The summed E-state index contributed by atoms with van der Waals surface area (Å²) in [7, 11) is 0. The van der Waals surface area contributed by atoms with Gasteiger partial charge in [0.05, 0.1) is 12.2 Å². The maximum Gasteiger partial charge on any atom is 0.403 e. The minimum absolute atomic E-state index is 0.118. The van der Waals surface area contributed by atoms with Crippen molar-refractivity contribution in [1.29, 1.82) is 5.26 Å². The summed E-state index contributed by atoms with van der Waals surface area (Å²) in [5, 5.41) is 21.2. The number of aliphatic hydroxyl groups is 1. The average molecular weight is 331 g/mol. The Morgan fingerprint density at radius 2 is 1.87 bits per heavy atom. The van der Waals surface area contributed by atoms with Crippen LogP contribution in [0.1, 0.15) is 32.1 Å². The number of alkyl halides is 3. The first kappa shape index (κ1) is 16.1. The molecular weight excluding hydrogens is 315 g/mol. The average Bonchev–Trinajstić information content (AvgIpc) is 3.36. The van der Waals surface area contributed by atoms with Gasteiger partial charge in [-0.2, -0.15) is 18.4 Å². The molecule has 0 radical (unpaired) electrons. The molecule has 3 rings (SSSR count). The molecule has 0 aromatic heterocycles. The van der Waals surface area contributed by atoms with E-state index >= 15 is 0 Å². The minimum Gasteiger partial charge on any atom is -0.391 e. The molecule has 0 aromatic rings. The summed E-state index contributed by atoms with van der Waals surface area (Å²) in [5.74, 6) is -1.82. The van der Waals surface area contributed by atoms with E-state index in [1.807, 2.05) is 6.07 Å². The summed E-state index contributed by atoms with van der Waals surface area (Å²) in [6, 6.07) is 0.787. The molecular formula is C14H16F3N3O3. The second-order valence-corrected chi connectivity index (χ2v) is 6.63. The lowest BCUT2D eigenvalue weighted by molar-refractivity contribution is -0.199. The normalized spacial score (nSPS) is 30.5. The Morgan fingerprint density at radius 1 is 1.26 bits per heavy atom. The summed E-state index contributed by atoms with van der Waals surface area (Å²) < 4.78 is 39.3. The molecule has 1 aliphatic heterocycles. The van der Waals surface area contributed by atoms with E-state index < -0.39 is 41.1 Å². The van der Waals surface area contributed by atoms with Crippen molar-refractivity contribution in [2.24, 2.45) is 5.41 Å². The molecule has 6 nitrogen and oxygen atoms in total. The van der Waals surface area contributed by atoms with Gasteiger partial charge in [0.25, 0.3) is 0 Å². The molecule has 3 aliphatic rings. The van der Waals surface area contributed by atoms with Crippen molar-refractivity contribution in [3.05, 3.63) is 0 Å². The Labute approximate surface area is 130 Å². The fourth-order valence-corrected chi connectivity index (χ4v) is 3.01. The van der Waals surface area contributed by atoms with Gasteiger partial charge in [0.15, 0.2) is 0 Å². The number of likely N-dealkylation sites (tertiary alicyclic amines) is 1. The molecule has 1 heterocycles. The van der Waals surface area contributed by atoms with Crippen LogP contribution in [0.5, 0.6) is 0 Å². The van der Waals surface area contributed by atoms with E-state index in [0.29, 0.717) is 12.8 Å². The number of nitrogens with zero attached hydrogens (tertiary/aromatic N) is 2. The molecule has 1 saturated heterocycles. The molecule has 2 saturated carbocycles. The number of hydrogen-bond donors (Lipinski definition) is 2. The Kier molecular flexibility index (Phi) is 3.38. The predicted octanol–water partition coefficient (Wildman–Crippen LogP) is 0.463. The van der Waals surface area contributed by atoms with Crippen molar-refractivity contribution in [3.8, 4) is 6.07 Å². The van der Waals surface area contributed by atoms with Crippen molar-refractivity contribution in [3.63, 3.8) is 0 Å². The van der Waals surface area contributed by atoms with Crippen LogP contribution in [0.4, 0.5) is 13.2 Å². The van der Waals surface area contributed by atoms with Gasteiger partial charge in [0.2, 0.25) is 11.8 Å². The van der Waals surface area contributed by atoms with Crippen LogP contribution in [0.25, 0.3) is 0 Å². The van der Waals surface area contributed by atoms with Crippen molar-refractivity contribution in [2.45, 2.75) is 56.0 Å². The monoisotopic (exact) mass is 331 g/mol. The van der Waals surface area contributed by atoms with E-state index in [4.69, 9.17) is 5.26 Å².